The molecule has 5 heteroatoms. The Labute approximate surface area is 126 Å². The van der Waals surface area contributed by atoms with E-state index in [1.54, 1.807) is 6.07 Å². The van der Waals surface area contributed by atoms with Crippen LogP contribution in [0, 0.1) is 0 Å². The highest BCUT2D eigenvalue weighted by molar-refractivity contribution is 9.10. The van der Waals surface area contributed by atoms with E-state index in [1.165, 1.54) is 0 Å². The standard InChI is InChI=1S/C14H14BrClN2O/c1-3-9-7-10(5-6-11(9)16)19-14-8-12(15)17-13(4-2)18-14/h5-8H,3-4H2,1-2H3. The van der Waals surface area contributed by atoms with Gasteiger partial charge in [-0.1, -0.05) is 25.4 Å². The van der Waals surface area contributed by atoms with Gasteiger partial charge >= 0.3 is 0 Å². The number of halogens is 2. The van der Waals surface area contributed by atoms with E-state index in [2.05, 4.69) is 32.8 Å². The van der Waals surface area contributed by atoms with E-state index < -0.39 is 0 Å². The van der Waals surface area contributed by atoms with Crippen LogP contribution < -0.4 is 4.74 Å². The summed E-state index contributed by atoms with van der Waals surface area (Å²) in [6.45, 7) is 4.06. The molecule has 0 atom stereocenters. The molecular formula is C14H14BrClN2O. The van der Waals surface area contributed by atoms with Gasteiger partial charge in [0.15, 0.2) is 0 Å². The van der Waals surface area contributed by atoms with Gasteiger partial charge in [-0.3, -0.25) is 0 Å². The van der Waals surface area contributed by atoms with Gasteiger partial charge in [-0.2, -0.15) is 4.98 Å². The molecule has 1 aromatic heterocycles. The second-order valence-corrected chi connectivity index (χ2v) is 5.23. The van der Waals surface area contributed by atoms with E-state index in [-0.39, 0.29) is 0 Å². The Kier molecular flexibility index (Phi) is 4.77. The molecule has 0 radical (unpaired) electrons. The highest BCUT2D eigenvalue weighted by Crippen LogP contribution is 2.26. The molecule has 0 amide bonds. The smallest absolute Gasteiger partial charge is 0.223 e. The second-order valence-electron chi connectivity index (χ2n) is 4.01. The van der Waals surface area contributed by atoms with Crippen LogP contribution in [0.4, 0.5) is 0 Å². The first-order valence-corrected chi connectivity index (χ1v) is 7.29. The van der Waals surface area contributed by atoms with Crippen molar-refractivity contribution in [3.05, 3.63) is 45.3 Å². The summed E-state index contributed by atoms with van der Waals surface area (Å²) in [6.07, 6.45) is 1.63. The van der Waals surface area contributed by atoms with Gasteiger partial charge in [-0.25, -0.2) is 4.98 Å². The lowest BCUT2D eigenvalue weighted by Crippen LogP contribution is -1.97. The molecule has 0 spiro atoms. The molecule has 0 aliphatic heterocycles. The maximum Gasteiger partial charge on any atom is 0.223 e. The fraction of sp³-hybridized carbons (Fsp3) is 0.286. The number of ether oxygens (including phenoxy) is 1. The highest BCUT2D eigenvalue weighted by Gasteiger charge is 2.06. The first kappa shape index (κ1) is 14.3. The Morgan fingerprint density at radius 3 is 2.63 bits per heavy atom. The maximum absolute atomic E-state index is 6.08. The Bertz CT molecular complexity index is 590. The van der Waals surface area contributed by atoms with E-state index in [1.807, 2.05) is 25.1 Å². The lowest BCUT2D eigenvalue weighted by Gasteiger charge is -2.08. The van der Waals surface area contributed by atoms with Crippen LogP contribution in [0.15, 0.2) is 28.9 Å². The fourth-order valence-corrected chi connectivity index (χ4v) is 2.31. The molecule has 0 saturated carbocycles. The first-order chi connectivity index (χ1) is 9.12. The summed E-state index contributed by atoms with van der Waals surface area (Å²) in [5, 5.41) is 0.757. The van der Waals surface area contributed by atoms with Crippen molar-refractivity contribution in [1.82, 2.24) is 9.97 Å². The van der Waals surface area contributed by atoms with Crippen LogP contribution >= 0.6 is 27.5 Å². The Balaban J connectivity index is 2.28. The lowest BCUT2D eigenvalue weighted by atomic mass is 10.1. The topological polar surface area (TPSA) is 35.0 Å². The summed E-state index contributed by atoms with van der Waals surface area (Å²) < 4.78 is 6.48. The average molecular weight is 342 g/mol. The molecule has 0 unspecified atom stereocenters. The monoisotopic (exact) mass is 340 g/mol. The van der Waals surface area contributed by atoms with Crippen LogP contribution in [0.2, 0.25) is 5.02 Å². The Hall–Kier alpha value is -1.13. The number of nitrogens with zero attached hydrogens (tertiary/aromatic N) is 2. The lowest BCUT2D eigenvalue weighted by molar-refractivity contribution is 0.457. The van der Waals surface area contributed by atoms with Gasteiger partial charge in [0.2, 0.25) is 5.88 Å². The maximum atomic E-state index is 6.08. The van der Waals surface area contributed by atoms with Crippen molar-refractivity contribution in [3.8, 4) is 11.6 Å². The summed E-state index contributed by atoms with van der Waals surface area (Å²) in [4.78, 5) is 8.58. The van der Waals surface area contributed by atoms with Crippen molar-refractivity contribution in [2.24, 2.45) is 0 Å². The van der Waals surface area contributed by atoms with Crippen molar-refractivity contribution in [2.75, 3.05) is 0 Å². The minimum atomic E-state index is 0.531. The fourth-order valence-electron chi connectivity index (χ4n) is 1.66. The number of hydrogen-bond acceptors (Lipinski definition) is 3. The summed E-state index contributed by atoms with van der Waals surface area (Å²) in [5.41, 5.74) is 1.06. The average Bonchev–Trinajstić information content (AvgIpc) is 2.40. The minimum absolute atomic E-state index is 0.531. The van der Waals surface area contributed by atoms with Gasteiger partial charge in [0, 0.05) is 17.5 Å². The van der Waals surface area contributed by atoms with Gasteiger partial charge in [0.1, 0.15) is 16.2 Å². The van der Waals surface area contributed by atoms with E-state index in [4.69, 9.17) is 16.3 Å². The quantitative estimate of drug-likeness (QED) is 0.749. The van der Waals surface area contributed by atoms with E-state index in [0.717, 1.165) is 39.6 Å². The van der Waals surface area contributed by atoms with Gasteiger partial charge < -0.3 is 4.74 Å². The van der Waals surface area contributed by atoms with Crippen molar-refractivity contribution < 1.29 is 4.74 Å². The molecule has 0 N–H and O–H groups in total. The number of hydrogen-bond donors (Lipinski definition) is 0. The third-order valence-corrected chi connectivity index (χ3v) is 3.43. The number of benzene rings is 1. The van der Waals surface area contributed by atoms with Crippen LogP contribution in [0.25, 0.3) is 0 Å². The zero-order chi connectivity index (χ0) is 13.8. The van der Waals surface area contributed by atoms with Crippen LogP contribution in [0.1, 0.15) is 25.2 Å². The van der Waals surface area contributed by atoms with E-state index in [9.17, 15) is 0 Å². The molecule has 19 heavy (non-hydrogen) atoms. The zero-order valence-electron chi connectivity index (χ0n) is 10.8. The molecule has 3 nitrogen and oxygen atoms in total. The predicted octanol–water partition coefficient (Wildman–Crippen LogP) is 4.81. The van der Waals surface area contributed by atoms with Gasteiger partial charge in [0.05, 0.1) is 0 Å². The van der Waals surface area contributed by atoms with Crippen molar-refractivity contribution >= 4 is 27.5 Å². The molecule has 100 valence electrons. The zero-order valence-corrected chi connectivity index (χ0v) is 13.1. The van der Waals surface area contributed by atoms with Crippen LogP contribution in [0.3, 0.4) is 0 Å². The van der Waals surface area contributed by atoms with Crippen molar-refractivity contribution in [3.63, 3.8) is 0 Å². The molecule has 1 heterocycles. The second kappa shape index (κ2) is 6.35. The SMILES string of the molecule is CCc1nc(Br)cc(Oc2ccc(Cl)c(CC)c2)n1. The molecular weight excluding hydrogens is 328 g/mol. The van der Waals surface area contributed by atoms with Crippen LogP contribution in [0.5, 0.6) is 11.6 Å². The van der Waals surface area contributed by atoms with Gasteiger partial charge in [-0.15, -0.1) is 0 Å². The summed E-state index contributed by atoms with van der Waals surface area (Å²) in [6, 6.07) is 7.36. The predicted molar refractivity (Wildman–Crippen MR) is 80.0 cm³/mol. The molecule has 0 bridgehead atoms. The molecule has 2 aromatic rings. The largest absolute Gasteiger partial charge is 0.439 e. The normalized spacial score (nSPS) is 10.5. The molecule has 1 aromatic carbocycles. The van der Waals surface area contributed by atoms with E-state index in [0.29, 0.717) is 5.88 Å². The van der Waals surface area contributed by atoms with Crippen molar-refractivity contribution in [2.45, 2.75) is 26.7 Å². The highest BCUT2D eigenvalue weighted by atomic mass is 79.9. The Morgan fingerprint density at radius 1 is 1.16 bits per heavy atom. The number of aryl methyl sites for hydroxylation is 2. The third-order valence-electron chi connectivity index (χ3n) is 2.65. The molecule has 0 aliphatic carbocycles. The van der Waals surface area contributed by atoms with Crippen molar-refractivity contribution in [1.29, 1.82) is 0 Å². The molecule has 0 saturated heterocycles. The number of aromatic nitrogens is 2. The minimum Gasteiger partial charge on any atom is -0.439 e. The summed E-state index contributed by atoms with van der Waals surface area (Å²) in [5.74, 6) is 2.01. The Morgan fingerprint density at radius 2 is 1.95 bits per heavy atom. The van der Waals surface area contributed by atoms with Crippen LogP contribution in [-0.2, 0) is 12.8 Å². The summed E-state index contributed by atoms with van der Waals surface area (Å²) >= 11 is 9.44. The molecule has 0 aliphatic rings. The first-order valence-electron chi connectivity index (χ1n) is 6.12. The molecule has 2 rings (SSSR count). The third kappa shape index (κ3) is 3.67. The van der Waals surface area contributed by atoms with E-state index >= 15 is 0 Å². The van der Waals surface area contributed by atoms with Gasteiger partial charge in [-0.05, 0) is 46.1 Å². The summed E-state index contributed by atoms with van der Waals surface area (Å²) in [7, 11) is 0. The van der Waals surface area contributed by atoms with Gasteiger partial charge in [0.25, 0.3) is 0 Å². The van der Waals surface area contributed by atoms with Crippen LogP contribution in [-0.4, -0.2) is 9.97 Å². The molecule has 0 fully saturated rings. The number of rotatable bonds is 4.